The number of hydrogen-bond donors (Lipinski definition) is 1. The molecule has 0 atom stereocenters. The number of hydrogen-bond acceptors (Lipinski definition) is 2. The zero-order valence-corrected chi connectivity index (χ0v) is 6.80. The van der Waals surface area contributed by atoms with Gasteiger partial charge in [-0.3, -0.25) is 0 Å². The third-order valence-electron chi connectivity index (χ3n) is 1.68. The third-order valence-corrected chi connectivity index (χ3v) is 1.90. The maximum absolute atomic E-state index is 5.62. The first-order valence-corrected chi connectivity index (χ1v) is 4.10. The van der Waals surface area contributed by atoms with Crippen LogP contribution in [0.25, 0.3) is 0 Å². The van der Waals surface area contributed by atoms with Crippen molar-refractivity contribution in [2.24, 2.45) is 0 Å². The van der Waals surface area contributed by atoms with Gasteiger partial charge in [0.25, 0.3) is 0 Å². The molecule has 58 valence electrons. The van der Waals surface area contributed by atoms with Crippen molar-refractivity contribution in [1.82, 2.24) is 4.98 Å². The molecular formula is C8H9ClN2. The Labute approximate surface area is 70.6 Å². The summed E-state index contributed by atoms with van der Waals surface area (Å²) in [6.07, 6.45) is 4.33. The van der Waals surface area contributed by atoms with Crippen molar-refractivity contribution in [3.63, 3.8) is 0 Å². The van der Waals surface area contributed by atoms with Gasteiger partial charge in [0, 0.05) is 6.04 Å². The maximum atomic E-state index is 5.62. The molecule has 1 saturated carbocycles. The van der Waals surface area contributed by atoms with Crippen molar-refractivity contribution in [1.29, 1.82) is 0 Å². The highest BCUT2D eigenvalue weighted by Gasteiger charge is 2.20. The highest BCUT2D eigenvalue weighted by atomic mass is 35.5. The van der Waals surface area contributed by atoms with E-state index in [0.29, 0.717) is 11.2 Å². The van der Waals surface area contributed by atoms with E-state index in [1.54, 1.807) is 12.3 Å². The highest BCUT2D eigenvalue weighted by Crippen LogP contribution is 2.24. The van der Waals surface area contributed by atoms with Gasteiger partial charge in [-0.15, -0.1) is 0 Å². The molecule has 2 nitrogen and oxygen atoms in total. The molecule has 0 radical (unpaired) electrons. The standard InChI is InChI=1S/C8H9ClN2/c9-8-4-3-7(5-10-8)11-6-1-2-6/h3-6,11H,1-2H2. The smallest absolute Gasteiger partial charge is 0.129 e. The Morgan fingerprint density at radius 3 is 2.82 bits per heavy atom. The fourth-order valence-electron chi connectivity index (χ4n) is 0.925. The lowest BCUT2D eigenvalue weighted by atomic mass is 10.4. The highest BCUT2D eigenvalue weighted by molar-refractivity contribution is 6.29. The van der Waals surface area contributed by atoms with Crippen molar-refractivity contribution in [2.45, 2.75) is 18.9 Å². The number of nitrogens with zero attached hydrogens (tertiary/aromatic N) is 1. The molecule has 3 heteroatoms. The number of anilines is 1. The average molecular weight is 169 g/mol. The lowest BCUT2D eigenvalue weighted by Crippen LogP contribution is -2.00. The van der Waals surface area contributed by atoms with Gasteiger partial charge in [0.15, 0.2) is 0 Å². The zero-order chi connectivity index (χ0) is 7.68. The molecule has 1 aliphatic carbocycles. The summed E-state index contributed by atoms with van der Waals surface area (Å²) in [7, 11) is 0. The summed E-state index contributed by atoms with van der Waals surface area (Å²) in [5.41, 5.74) is 1.07. The minimum Gasteiger partial charge on any atom is -0.381 e. The molecule has 1 fully saturated rings. The first kappa shape index (κ1) is 6.92. The van der Waals surface area contributed by atoms with Crippen LogP contribution in [0, 0.1) is 0 Å². The Hall–Kier alpha value is -0.760. The molecule has 0 amide bonds. The van der Waals surface area contributed by atoms with Gasteiger partial charge in [-0.05, 0) is 25.0 Å². The van der Waals surface area contributed by atoms with Crippen LogP contribution < -0.4 is 5.32 Å². The maximum Gasteiger partial charge on any atom is 0.129 e. The molecule has 0 unspecified atom stereocenters. The Bertz CT molecular complexity index is 241. The summed E-state index contributed by atoms with van der Waals surface area (Å²) in [6, 6.07) is 4.43. The van der Waals surface area contributed by atoms with Gasteiger partial charge < -0.3 is 5.32 Å². The molecular weight excluding hydrogens is 160 g/mol. The van der Waals surface area contributed by atoms with Crippen molar-refractivity contribution in [3.05, 3.63) is 23.5 Å². The van der Waals surface area contributed by atoms with Crippen LogP contribution in [0.1, 0.15) is 12.8 Å². The molecule has 1 N–H and O–H groups in total. The second kappa shape index (κ2) is 2.70. The Morgan fingerprint density at radius 2 is 2.27 bits per heavy atom. The Morgan fingerprint density at radius 1 is 1.45 bits per heavy atom. The van der Waals surface area contributed by atoms with Crippen LogP contribution in [0.4, 0.5) is 5.69 Å². The van der Waals surface area contributed by atoms with Gasteiger partial charge in [0.1, 0.15) is 5.15 Å². The zero-order valence-electron chi connectivity index (χ0n) is 6.05. The summed E-state index contributed by atoms with van der Waals surface area (Å²) in [5.74, 6) is 0. The summed E-state index contributed by atoms with van der Waals surface area (Å²) < 4.78 is 0. The van der Waals surface area contributed by atoms with E-state index < -0.39 is 0 Å². The summed E-state index contributed by atoms with van der Waals surface area (Å²) in [6.45, 7) is 0. The predicted octanol–water partition coefficient (Wildman–Crippen LogP) is 2.31. The van der Waals surface area contributed by atoms with Crippen LogP contribution in [-0.2, 0) is 0 Å². The normalized spacial score (nSPS) is 16.5. The minimum atomic E-state index is 0.548. The molecule has 1 aliphatic rings. The molecule has 0 aliphatic heterocycles. The van der Waals surface area contributed by atoms with E-state index in [9.17, 15) is 0 Å². The van der Waals surface area contributed by atoms with Crippen LogP contribution in [0.3, 0.4) is 0 Å². The van der Waals surface area contributed by atoms with Gasteiger partial charge in [-0.1, -0.05) is 11.6 Å². The van der Waals surface area contributed by atoms with Gasteiger partial charge >= 0.3 is 0 Å². The molecule has 0 saturated heterocycles. The van der Waals surface area contributed by atoms with Crippen molar-refractivity contribution < 1.29 is 0 Å². The van der Waals surface area contributed by atoms with E-state index >= 15 is 0 Å². The van der Waals surface area contributed by atoms with Crippen LogP contribution in [0.5, 0.6) is 0 Å². The molecule has 0 spiro atoms. The van der Waals surface area contributed by atoms with E-state index in [2.05, 4.69) is 10.3 Å². The van der Waals surface area contributed by atoms with Gasteiger partial charge in [-0.25, -0.2) is 4.98 Å². The molecule has 11 heavy (non-hydrogen) atoms. The fraction of sp³-hybridized carbons (Fsp3) is 0.375. The lowest BCUT2D eigenvalue weighted by Gasteiger charge is -2.01. The lowest BCUT2D eigenvalue weighted by molar-refractivity contribution is 1.14. The topological polar surface area (TPSA) is 24.9 Å². The Balaban J connectivity index is 2.06. The molecule has 1 aromatic rings. The summed E-state index contributed by atoms with van der Waals surface area (Å²) in [4.78, 5) is 3.96. The van der Waals surface area contributed by atoms with Crippen molar-refractivity contribution in [3.8, 4) is 0 Å². The molecule has 1 aromatic heterocycles. The van der Waals surface area contributed by atoms with E-state index in [-0.39, 0.29) is 0 Å². The second-order valence-corrected chi connectivity index (χ2v) is 3.18. The van der Waals surface area contributed by atoms with Crippen molar-refractivity contribution >= 4 is 17.3 Å². The Kier molecular flexibility index (Phi) is 1.70. The van der Waals surface area contributed by atoms with E-state index in [1.165, 1.54) is 12.8 Å². The number of rotatable bonds is 2. The van der Waals surface area contributed by atoms with Crippen LogP contribution in [0.15, 0.2) is 18.3 Å². The fourth-order valence-corrected chi connectivity index (χ4v) is 1.04. The van der Waals surface area contributed by atoms with E-state index in [0.717, 1.165) is 5.69 Å². The first-order valence-electron chi connectivity index (χ1n) is 3.73. The number of nitrogens with one attached hydrogen (secondary N) is 1. The molecule has 0 aromatic carbocycles. The minimum absolute atomic E-state index is 0.548. The average Bonchev–Trinajstić information content (AvgIpc) is 2.78. The number of halogens is 1. The van der Waals surface area contributed by atoms with Gasteiger partial charge in [0.2, 0.25) is 0 Å². The first-order chi connectivity index (χ1) is 5.34. The van der Waals surface area contributed by atoms with Gasteiger partial charge in [0.05, 0.1) is 11.9 Å². The van der Waals surface area contributed by atoms with Crippen LogP contribution in [-0.4, -0.2) is 11.0 Å². The quantitative estimate of drug-likeness (QED) is 0.686. The summed E-state index contributed by atoms with van der Waals surface area (Å²) >= 11 is 5.62. The molecule has 0 bridgehead atoms. The largest absolute Gasteiger partial charge is 0.381 e. The van der Waals surface area contributed by atoms with E-state index in [4.69, 9.17) is 11.6 Å². The van der Waals surface area contributed by atoms with Crippen LogP contribution in [0.2, 0.25) is 5.15 Å². The second-order valence-electron chi connectivity index (χ2n) is 2.79. The molecule has 1 heterocycles. The van der Waals surface area contributed by atoms with Gasteiger partial charge in [-0.2, -0.15) is 0 Å². The number of aromatic nitrogens is 1. The summed E-state index contributed by atoms with van der Waals surface area (Å²) in [5, 5.41) is 3.87. The van der Waals surface area contributed by atoms with Crippen molar-refractivity contribution in [2.75, 3.05) is 5.32 Å². The monoisotopic (exact) mass is 168 g/mol. The predicted molar refractivity (Wildman–Crippen MR) is 45.9 cm³/mol. The van der Waals surface area contributed by atoms with Crippen LogP contribution >= 0.6 is 11.6 Å². The van der Waals surface area contributed by atoms with E-state index in [1.807, 2.05) is 6.07 Å². The molecule has 2 rings (SSSR count). The third kappa shape index (κ3) is 1.84. The SMILES string of the molecule is Clc1ccc(NC2CC2)cn1. The number of pyridine rings is 1.